The molecule has 0 aliphatic rings. The molecule has 0 atom stereocenters. The van der Waals surface area contributed by atoms with Crippen LogP contribution in [0.5, 0.6) is 0 Å². The molecule has 5 nitrogen and oxygen atoms in total. The molecule has 0 unspecified atom stereocenters. The van der Waals surface area contributed by atoms with Crippen molar-refractivity contribution < 1.29 is 18.7 Å². The maximum atomic E-state index is 13.7. The molecule has 0 aliphatic heterocycles. The normalized spacial score (nSPS) is 11.2. The van der Waals surface area contributed by atoms with Crippen LogP contribution in [0.1, 0.15) is 29.8 Å². The molecular formula is C14H19FN2O3. The minimum absolute atomic E-state index is 0.103. The van der Waals surface area contributed by atoms with E-state index in [2.05, 4.69) is 10.1 Å². The smallest absolute Gasteiger partial charge is 0.340 e. The van der Waals surface area contributed by atoms with Crippen LogP contribution in [0.4, 0.5) is 4.39 Å². The van der Waals surface area contributed by atoms with Crippen molar-refractivity contribution in [3.05, 3.63) is 35.1 Å². The molecule has 0 aliphatic carbocycles. The Morgan fingerprint density at radius 2 is 2.05 bits per heavy atom. The number of primary amides is 1. The van der Waals surface area contributed by atoms with Gasteiger partial charge >= 0.3 is 5.97 Å². The second-order valence-corrected chi connectivity index (χ2v) is 5.16. The van der Waals surface area contributed by atoms with Crippen molar-refractivity contribution in [1.82, 2.24) is 5.32 Å². The summed E-state index contributed by atoms with van der Waals surface area (Å²) < 4.78 is 18.1. The van der Waals surface area contributed by atoms with Gasteiger partial charge in [-0.05, 0) is 31.5 Å². The summed E-state index contributed by atoms with van der Waals surface area (Å²) in [7, 11) is 1.20. The second kappa shape index (κ2) is 6.47. The van der Waals surface area contributed by atoms with Crippen molar-refractivity contribution in [3.63, 3.8) is 0 Å². The van der Waals surface area contributed by atoms with Gasteiger partial charge in [-0.1, -0.05) is 6.07 Å². The van der Waals surface area contributed by atoms with Gasteiger partial charge in [-0.25, -0.2) is 9.18 Å². The summed E-state index contributed by atoms with van der Waals surface area (Å²) in [5.74, 6) is -1.75. The summed E-state index contributed by atoms with van der Waals surface area (Å²) in [4.78, 5) is 22.4. The molecule has 0 bridgehead atoms. The summed E-state index contributed by atoms with van der Waals surface area (Å²) in [6.45, 7) is 4.20. The van der Waals surface area contributed by atoms with Gasteiger partial charge in [0.2, 0.25) is 5.91 Å². The number of halogens is 1. The van der Waals surface area contributed by atoms with Crippen LogP contribution in [0.2, 0.25) is 0 Å². The lowest BCUT2D eigenvalue weighted by atomic mass is 9.93. The number of methoxy groups -OCH3 is 1. The first-order valence-corrected chi connectivity index (χ1v) is 6.15. The highest BCUT2D eigenvalue weighted by atomic mass is 19.1. The monoisotopic (exact) mass is 282 g/mol. The van der Waals surface area contributed by atoms with Gasteiger partial charge in [0.1, 0.15) is 5.82 Å². The van der Waals surface area contributed by atoms with Gasteiger partial charge < -0.3 is 15.8 Å². The molecule has 1 aromatic rings. The highest BCUT2D eigenvalue weighted by Crippen LogP contribution is 2.14. The Morgan fingerprint density at radius 1 is 1.40 bits per heavy atom. The standard InChI is InChI=1S/C14H19FN2O3/c1-14(2,13(16)19)8-17-7-9-4-5-10(11(15)6-9)12(18)20-3/h4-6,17H,7-8H2,1-3H3,(H2,16,19). The lowest BCUT2D eigenvalue weighted by Crippen LogP contribution is -2.40. The highest BCUT2D eigenvalue weighted by molar-refractivity contribution is 5.89. The van der Waals surface area contributed by atoms with Gasteiger partial charge in [-0.2, -0.15) is 0 Å². The Labute approximate surface area is 117 Å². The van der Waals surface area contributed by atoms with E-state index in [-0.39, 0.29) is 5.56 Å². The molecule has 0 saturated heterocycles. The first-order valence-electron chi connectivity index (χ1n) is 6.15. The summed E-state index contributed by atoms with van der Waals surface area (Å²) in [6, 6.07) is 4.26. The number of rotatable bonds is 6. The van der Waals surface area contributed by atoms with Crippen LogP contribution >= 0.6 is 0 Å². The van der Waals surface area contributed by atoms with Crippen LogP contribution < -0.4 is 11.1 Å². The van der Waals surface area contributed by atoms with E-state index < -0.39 is 23.1 Å². The van der Waals surface area contributed by atoms with Crippen molar-refractivity contribution in [2.45, 2.75) is 20.4 Å². The zero-order chi connectivity index (χ0) is 15.3. The van der Waals surface area contributed by atoms with Gasteiger partial charge in [-0.3, -0.25) is 4.79 Å². The Balaban J connectivity index is 2.65. The van der Waals surface area contributed by atoms with Crippen molar-refractivity contribution in [2.75, 3.05) is 13.7 Å². The van der Waals surface area contributed by atoms with Gasteiger partial charge in [0, 0.05) is 13.1 Å². The molecule has 0 radical (unpaired) electrons. The number of esters is 1. The third-order valence-electron chi connectivity index (χ3n) is 3.00. The van der Waals surface area contributed by atoms with E-state index in [4.69, 9.17) is 5.73 Å². The minimum atomic E-state index is -0.711. The number of hydrogen-bond acceptors (Lipinski definition) is 4. The Kier molecular flexibility index (Phi) is 5.21. The quantitative estimate of drug-likeness (QED) is 0.768. The topological polar surface area (TPSA) is 81.4 Å². The van der Waals surface area contributed by atoms with Crippen molar-refractivity contribution >= 4 is 11.9 Å². The fourth-order valence-electron chi connectivity index (χ4n) is 1.55. The average Bonchev–Trinajstić information content (AvgIpc) is 2.37. The largest absolute Gasteiger partial charge is 0.465 e. The molecule has 0 saturated carbocycles. The van der Waals surface area contributed by atoms with Crippen LogP contribution in [-0.4, -0.2) is 25.5 Å². The number of nitrogens with two attached hydrogens (primary N) is 1. The first kappa shape index (κ1) is 16.1. The molecule has 0 heterocycles. The van der Waals surface area contributed by atoms with Crippen molar-refractivity contribution in [2.24, 2.45) is 11.1 Å². The Morgan fingerprint density at radius 3 is 2.55 bits per heavy atom. The molecule has 6 heteroatoms. The van der Waals surface area contributed by atoms with Crippen LogP contribution in [0.15, 0.2) is 18.2 Å². The van der Waals surface area contributed by atoms with E-state index in [1.165, 1.54) is 19.2 Å². The zero-order valence-corrected chi connectivity index (χ0v) is 11.8. The second-order valence-electron chi connectivity index (χ2n) is 5.16. The number of amides is 1. The van der Waals surface area contributed by atoms with Gasteiger partial charge in [-0.15, -0.1) is 0 Å². The van der Waals surface area contributed by atoms with E-state index in [1.807, 2.05) is 0 Å². The maximum Gasteiger partial charge on any atom is 0.340 e. The average molecular weight is 282 g/mol. The van der Waals surface area contributed by atoms with Gasteiger partial charge in [0.15, 0.2) is 0 Å². The van der Waals surface area contributed by atoms with E-state index in [0.717, 1.165) is 0 Å². The molecule has 0 spiro atoms. The van der Waals surface area contributed by atoms with Crippen LogP contribution in [0, 0.1) is 11.2 Å². The molecule has 1 rings (SSSR count). The molecule has 1 amide bonds. The van der Waals surface area contributed by atoms with E-state index in [9.17, 15) is 14.0 Å². The lowest BCUT2D eigenvalue weighted by Gasteiger charge is -2.20. The zero-order valence-electron chi connectivity index (χ0n) is 11.8. The maximum absolute atomic E-state index is 13.7. The van der Waals surface area contributed by atoms with Crippen molar-refractivity contribution in [3.8, 4) is 0 Å². The molecule has 0 fully saturated rings. The van der Waals surface area contributed by atoms with E-state index in [0.29, 0.717) is 18.7 Å². The fourth-order valence-corrected chi connectivity index (χ4v) is 1.55. The molecular weight excluding hydrogens is 263 g/mol. The molecule has 1 aromatic carbocycles. The minimum Gasteiger partial charge on any atom is -0.465 e. The summed E-state index contributed by atoms with van der Waals surface area (Å²) in [5, 5.41) is 3.03. The van der Waals surface area contributed by atoms with Crippen LogP contribution in [0.3, 0.4) is 0 Å². The molecule has 0 aromatic heterocycles. The van der Waals surface area contributed by atoms with E-state index in [1.54, 1.807) is 19.9 Å². The Hall–Kier alpha value is -1.95. The SMILES string of the molecule is COC(=O)c1ccc(CNCC(C)(C)C(N)=O)cc1F. The third-order valence-corrected chi connectivity index (χ3v) is 3.00. The van der Waals surface area contributed by atoms with E-state index >= 15 is 0 Å². The number of nitrogens with one attached hydrogen (secondary N) is 1. The first-order chi connectivity index (χ1) is 9.27. The van der Waals surface area contributed by atoms with Crippen molar-refractivity contribution in [1.29, 1.82) is 0 Å². The lowest BCUT2D eigenvalue weighted by molar-refractivity contribution is -0.125. The Bertz CT molecular complexity index is 515. The predicted octanol–water partition coefficient (Wildman–Crippen LogP) is 1.21. The number of benzene rings is 1. The van der Waals surface area contributed by atoms with Crippen LogP contribution in [-0.2, 0) is 16.1 Å². The molecule has 110 valence electrons. The fraction of sp³-hybridized carbons (Fsp3) is 0.429. The number of carbonyl (C=O) groups is 2. The van der Waals surface area contributed by atoms with Gasteiger partial charge in [0.25, 0.3) is 0 Å². The highest BCUT2D eigenvalue weighted by Gasteiger charge is 2.24. The predicted molar refractivity (Wildman–Crippen MR) is 72.4 cm³/mol. The van der Waals surface area contributed by atoms with Crippen LogP contribution in [0.25, 0.3) is 0 Å². The summed E-state index contributed by atoms with van der Waals surface area (Å²) in [5.41, 5.74) is 5.14. The third kappa shape index (κ3) is 4.03. The summed E-state index contributed by atoms with van der Waals surface area (Å²) >= 11 is 0. The van der Waals surface area contributed by atoms with Gasteiger partial charge in [0.05, 0.1) is 18.1 Å². The summed E-state index contributed by atoms with van der Waals surface area (Å²) in [6.07, 6.45) is 0. The number of carbonyl (C=O) groups excluding carboxylic acids is 2. The number of hydrogen-bond donors (Lipinski definition) is 2. The molecule has 3 N–H and O–H groups in total. The molecule has 20 heavy (non-hydrogen) atoms. The number of ether oxygens (including phenoxy) is 1.